The van der Waals surface area contributed by atoms with Crippen molar-refractivity contribution in [2.75, 3.05) is 0 Å². The third kappa shape index (κ3) is 7.23. The fourth-order valence-electron chi connectivity index (χ4n) is 0.851. The predicted octanol–water partition coefficient (Wildman–Crippen LogP) is 2.66. The van der Waals surface area contributed by atoms with E-state index < -0.39 is 6.17 Å². The van der Waals surface area contributed by atoms with Crippen LogP contribution in [0.3, 0.4) is 0 Å². The Morgan fingerprint density at radius 1 is 1.45 bits per heavy atom. The first-order valence-corrected chi connectivity index (χ1v) is 4.07. The molecule has 0 unspecified atom stereocenters. The molecule has 1 atom stereocenters. The van der Waals surface area contributed by atoms with E-state index in [-0.39, 0.29) is 0 Å². The summed E-state index contributed by atoms with van der Waals surface area (Å²) in [6.45, 7) is 2.08. The van der Waals surface area contributed by atoms with Crippen LogP contribution in [0.5, 0.6) is 0 Å². The molecule has 0 saturated carbocycles. The van der Waals surface area contributed by atoms with Crippen molar-refractivity contribution in [3.63, 3.8) is 0 Å². The highest BCUT2D eigenvalue weighted by Gasteiger charge is 1.98. The Hall–Kier alpha value is -0.660. The quantitative estimate of drug-likeness (QED) is 0.330. The van der Waals surface area contributed by atoms with Gasteiger partial charge in [0.25, 0.3) is 0 Å². The molecule has 0 aliphatic carbocycles. The Kier molecular flexibility index (Phi) is 7.00. The summed E-state index contributed by atoms with van der Waals surface area (Å²) >= 11 is 0. The number of carbonyl (C=O) groups is 1. The lowest BCUT2D eigenvalue weighted by Gasteiger charge is -1.99. The number of alkyl halides is 1. The van der Waals surface area contributed by atoms with Crippen LogP contribution in [0.2, 0.25) is 0 Å². The van der Waals surface area contributed by atoms with Gasteiger partial charge < -0.3 is 0 Å². The fraction of sp³-hybridized carbons (Fsp3) is 0.667. The van der Waals surface area contributed by atoms with Crippen LogP contribution >= 0.6 is 0 Å². The number of hydrogen-bond acceptors (Lipinski definition) is 1. The number of aldehydes is 1. The molecule has 0 aliphatic rings. The minimum absolute atomic E-state index is 0.540. The molecule has 0 rings (SSSR count). The third-order valence-corrected chi connectivity index (χ3v) is 1.48. The standard InChI is InChI=1S/C9H15FO/c1-2-3-4-6-9(10)7-5-8-11/h5,7-9H,2-4,6H2,1H3/b7-5+/t9-/m0/s1. The van der Waals surface area contributed by atoms with Crippen LogP contribution in [0, 0.1) is 0 Å². The third-order valence-electron chi connectivity index (χ3n) is 1.48. The van der Waals surface area contributed by atoms with E-state index >= 15 is 0 Å². The van der Waals surface area contributed by atoms with Gasteiger partial charge in [-0.15, -0.1) is 0 Å². The van der Waals surface area contributed by atoms with Gasteiger partial charge in [-0.2, -0.15) is 0 Å². The number of carbonyl (C=O) groups excluding carboxylic acids is 1. The molecule has 64 valence electrons. The van der Waals surface area contributed by atoms with Gasteiger partial charge in [0.2, 0.25) is 0 Å². The number of halogens is 1. The van der Waals surface area contributed by atoms with E-state index in [1.165, 1.54) is 12.2 Å². The van der Waals surface area contributed by atoms with Crippen molar-refractivity contribution in [2.24, 2.45) is 0 Å². The highest BCUT2D eigenvalue weighted by Crippen LogP contribution is 2.06. The van der Waals surface area contributed by atoms with Crippen LogP contribution < -0.4 is 0 Å². The van der Waals surface area contributed by atoms with Crippen LogP contribution in [0.4, 0.5) is 4.39 Å². The molecule has 11 heavy (non-hydrogen) atoms. The van der Waals surface area contributed by atoms with Gasteiger partial charge in [-0.1, -0.05) is 26.2 Å². The maximum absolute atomic E-state index is 12.7. The summed E-state index contributed by atoms with van der Waals surface area (Å²) in [6, 6.07) is 0. The molecular formula is C9H15FO. The van der Waals surface area contributed by atoms with Crippen molar-refractivity contribution >= 4 is 6.29 Å². The molecule has 0 amide bonds. The lowest BCUT2D eigenvalue weighted by atomic mass is 10.1. The molecule has 2 heteroatoms. The minimum Gasteiger partial charge on any atom is -0.299 e. The molecule has 1 nitrogen and oxygen atoms in total. The molecular weight excluding hydrogens is 143 g/mol. The van der Waals surface area contributed by atoms with Gasteiger partial charge in [0.15, 0.2) is 0 Å². The van der Waals surface area contributed by atoms with E-state index in [1.807, 2.05) is 0 Å². The largest absolute Gasteiger partial charge is 0.299 e. The van der Waals surface area contributed by atoms with Crippen LogP contribution in [0.25, 0.3) is 0 Å². The Morgan fingerprint density at radius 3 is 2.73 bits per heavy atom. The molecule has 0 radical (unpaired) electrons. The predicted molar refractivity (Wildman–Crippen MR) is 44.2 cm³/mol. The van der Waals surface area contributed by atoms with Crippen LogP contribution in [0.1, 0.15) is 32.6 Å². The molecule has 0 aliphatic heterocycles. The van der Waals surface area contributed by atoms with E-state index in [4.69, 9.17) is 0 Å². The zero-order valence-electron chi connectivity index (χ0n) is 6.92. The maximum Gasteiger partial charge on any atom is 0.142 e. The Labute approximate surface area is 67.3 Å². The fourth-order valence-corrected chi connectivity index (χ4v) is 0.851. The SMILES string of the molecule is CCCCC[C@H](F)/C=C/C=O. The highest BCUT2D eigenvalue weighted by molar-refractivity contribution is 5.64. The van der Waals surface area contributed by atoms with Gasteiger partial charge in [-0.05, 0) is 18.6 Å². The Balaban J connectivity index is 3.28. The van der Waals surface area contributed by atoms with Crippen LogP contribution in [-0.2, 0) is 4.79 Å². The van der Waals surface area contributed by atoms with E-state index in [2.05, 4.69) is 6.92 Å². The summed E-state index contributed by atoms with van der Waals surface area (Å²) in [6.07, 6.45) is 5.80. The summed E-state index contributed by atoms with van der Waals surface area (Å²) in [5.74, 6) is 0. The molecule has 0 heterocycles. The lowest BCUT2D eigenvalue weighted by Crippen LogP contribution is -1.94. The minimum atomic E-state index is -0.938. The molecule has 0 aromatic heterocycles. The summed E-state index contributed by atoms with van der Waals surface area (Å²) in [5, 5.41) is 0. The van der Waals surface area contributed by atoms with Crippen molar-refractivity contribution in [1.29, 1.82) is 0 Å². The summed E-state index contributed by atoms with van der Waals surface area (Å²) < 4.78 is 12.7. The molecule has 0 N–H and O–H groups in total. The van der Waals surface area contributed by atoms with Gasteiger partial charge in [-0.25, -0.2) is 4.39 Å². The number of unbranched alkanes of at least 4 members (excludes halogenated alkanes) is 2. The highest BCUT2D eigenvalue weighted by atomic mass is 19.1. The second-order valence-electron chi connectivity index (χ2n) is 2.53. The monoisotopic (exact) mass is 158 g/mol. The average molecular weight is 158 g/mol. The first-order chi connectivity index (χ1) is 5.31. The first-order valence-electron chi connectivity index (χ1n) is 4.07. The topological polar surface area (TPSA) is 17.1 Å². The summed E-state index contributed by atoms with van der Waals surface area (Å²) in [5.41, 5.74) is 0. The van der Waals surface area contributed by atoms with Gasteiger partial charge in [0.1, 0.15) is 12.5 Å². The van der Waals surface area contributed by atoms with Crippen LogP contribution in [-0.4, -0.2) is 12.5 Å². The normalized spacial score (nSPS) is 13.6. The molecule has 0 saturated heterocycles. The van der Waals surface area contributed by atoms with Crippen LogP contribution in [0.15, 0.2) is 12.2 Å². The van der Waals surface area contributed by atoms with Crippen molar-refractivity contribution in [3.8, 4) is 0 Å². The van der Waals surface area contributed by atoms with Gasteiger partial charge in [-0.3, -0.25) is 4.79 Å². The summed E-state index contributed by atoms with van der Waals surface area (Å²) in [4.78, 5) is 9.79. The van der Waals surface area contributed by atoms with E-state index in [1.54, 1.807) is 0 Å². The van der Waals surface area contributed by atoms with E-state index in [0.717, 1.165) is 19.3 Å². The second-order valence-corrected chi connectivity index (χ2v) is 2.53. The first kappa shape index (κ1) is 10.3. The molecule has 0 fully saturated rings. The molecule has 0 aromatic rings. The smallest absolute Gasteiger partial charge is 0.142 e. The zero-order valence-corrected chi connectivity index (χ0v) is 6.92. The number of hydrogen-bond donors (Lipinski definition) is 0. The van der Waals surface area contributed by atoms with Crippen molar-refractivity contribution in [3.05, 3.63) is 12.2 Å². The molecule has 0 aromatic carbocycles. The van der Waals surface area contributed by atoms with Gasteiger partial charge >= 0.3 is 0 Å². The van der Waals surface area contributed by atoms with Crippen molar-refractivity contribution in [1.82, 2.24) is 0 Å². The maximum atomic E-state index is 12.7. The lowest BCUT2D eigenvalue weighted by molar-refractivity contribution is -0.104. The second kappa shape index (κ2) is 7.45. The van der Waals surface area contributed by atoms with Crippen molar-refractivity contribution < 1.29 is 9.18 Å². The summed E-state index contributed by atoms with van der Waals surface area (Å²) in [7, 11) is 0. The van der Waals surface area contributed by atoms with Gasteiger partial charge in [0.05, 0.1) is 0 Å². The van der Waals surface area contributed by atoms with Crippen molar-refractivity contribution in [2.45, 2.75) is 38.8 Å². The van der Waals surface area contributed by atoms with Gasteiger partial charge in [0, 0.05) is 0 Å². The van der Waals surface area contributed by atoms with E-state index in [9.17, 15) is 9.18 Å². The molecule has 0 bridgehead atoms. The molecule has 0 spiro atoms. The zero-order chi connectivity index (χ0) is 8.53. The number of rotatable bonds is 6. The average Bonchev–Trinajstić information content (AvgIpc) is 2.01. The van der Waals surface area contributed by atoms with E-state index in [0.29, 0.717) is 12.7 Å². The Bertz CT molecular complexity index is 121. The number of allylic oxidation sites excluding steroid dienone is 2. The Morgan fingerprint density at radius 2 is 2.18 bits per heavy atom.